The average molecular weight is 268 g/mol. The van der Waals surface area contributed by atoms with Gasteiger partial charge in [-0.05, 0) is 12.1 Å². The van der Waals surface area contributed by atoms with Crippen molar-refractivity contribution >= 4 is 34.9 Å². The molecule has 1 aliphatic heterocycles. The van der Waals surface area contributed by atoms with Gasteiger partial charge in [0.25, 0.3) is 0 Å². The van der Waals surface area contributed by atoms with Gasteiger partial charge in [0, 0.05) is 0 Å². The molecule has 3 nitrogen and oxygen atoms in total. The van der Waals surface area contributed by atoms with Crippen molar-refractivity contribution in [1.82, 2.24) is 9.97 Å². The molecule has 0 unspecified atom stereocenters. The fraction of sp³-hybridized carbons (Fsp3) is 0.0909. The van der Waals surface area contributed by atoms with E-state index in [0.29, 0.717) is 22.5 Å². The largest absolute Gasteiger partial charge is 0.312 e. The van der Waals surface area contributed by atoms with E-state index in [-0.39, 0.29) is 5.82 Å². The maximum atomic E-state index is 13.7. The first-order valence-electron chi connectivity index (χ1n) is 4.93. The van der Waals surface area contributed by atoms with Crippen LogP contribution in [-0.4, -0.2) is 15.8 Å². The van der Waals surface area contributed by atoms with Gasteiger partial charge >= 0.3 is 0 Å². The zero-order valence-electron chi connectivity index (χ0n) is 8.60. The van der Waals surface area contributed by atoms with Crippen LogP contribution in [0.15, 0.2) is 35.5 Å². The summed E-state index contributed by atoms with van der Waals surface area (Å²) >= 11 is 7.48. The van der Waals surface area contributed by atoms with Gasteiger partial charge in [0.05, 0.1) is 16.5 Å². The monoisotopic (exact) mass is 267 g/mol. The molecule has 1 aliphatic rings. The summed E-state index contributed by atoms with van der Waals surface area (Å²) in [6.45, 7) is 0. The number of aromatic nitrogens is 2. The average Bonchev–Trinajstić information content (AvgIpc) is 2.75. The Morgan fingerprint density at radius 3 is 2.94 bits per heavy atom. The van der Waals surface area contributed by atoms with E-state index in [0.717, 1.165) is 4.90 Å². The molecule has 6 heteroatoms. The van der Waals surface area contributed by atoms with E-state index in [4.69, 9.17) is 11.6 Å². The predicted molar refractivity (Wildman–Crippen MR) is 66.3 cm³/mol. The van der Waals surface area contributed by atoms with Crippen molar-refractivity contribution in [2.24, 2.45) is 0 Å². The summed E-state index contributed by atoms with van der Waals surface area (Å²) in [7, 11) is 0. The highest BCUT2D eigenvalue weighted by atomic mass is 35.5. The molecule has 0 saturated heterocycles. The minimum Gasteiger partial charge on any atom is -0.312 e. The van der Waals surface area contributed by atoms with Crippen molar-refractivity contribution in [1.29, 1.82) is 0 Å². The predicted octanol–water partition coefficient (Wildman–Crippen LogP) is 3.47. The number of rotatable bonds is 1. The summed E-state index contributed by atoms with van der Waals surface area (Å²) in [5.41, 5.74) is 0.508. The third-order valence-electron chi connectivity index (χ3n) is 2.48. The number of para-hydroxylation sites is 1. The van der Waals surface area contributed by atoms with Gasteiger partial charge in [-0.2, -0.15) is 0 Å². The van der Waals surface area contributed by atoms with Crippen LogP contribution in [0.4, 0.5) is 15.9 Å². The highest BCUT2D eigenvalue weighted by Gasteiger charge is 2.26. The van der Waals surface area contributed by atoms with Crippen molar-refractivity contribution in [3.05, 3.63) is 41.6 Å². The Kier molecular flexibility index (Phi) is 2.64. The second-order valence-electron chi connectivity index (χ2n) is 3.47. The fourth-order valence-corrected chi connectivity index (χ4v) is 2.98. The van der Waals surface area contributed by atoms with E-state index in [2.05, 4.69) is 9.97 Å². The van der Waals surface area contributed by atoms with Crippen LogP contribution in [0, 0.1) is 5.82 Å². The molecule has 0 amide bonds. The van der Waals surface area contributed by atoms with Crippen LogP contribution in [-0.2, 0) is 0 Å². The molecule has 0 saturated carbocycles. The van der Waals surface area contributed by atoms with Gasteiger partial charge in [0.15, 0.2) is 5.82 Å². The topological polar surface area (TPSA) is 29.0 Å². The molecule has 17 heavy (non-hydrogen) atoms. The maximum absolute atomic E-state index is 13.7. The van der Waals surface area contributed by atoms with E-state index in [1.165, 1.54) is 24.2 Å². The van der Waals surface area contributed by atoms with Gasteiger partial charge < -0.3 is 4.90 Å². The van der Waals surface area contributed by atoms with E-state index in [9.17, 15) is 4.39 Å². The van der Waals surface area contributed by atoms with Crippen LogP contribution in [0.3, 0.4) is 0 Å². The smallest absolute Gasteiger partial charge is 0.152 e. The van der Waals surface area contributed by atoms with Gasteiger partial charge in [-0.1, -0.05) is 35.5 Å². The molecule has 86 valence electrons. The molecular weight excluding hydrogens is 261 g/mol. The molecule has 1 aromatic heterocycles. The Morgan fingerprint density at radius 2 is 2.12 bits per heavy atom. The molecule has 0 N–H and O–H groups in total. The first kappa shape index (κ1) is 10.8. The summed E-state index contributed by atoms with van der Waals surface area (Å²) < 4.78 is 13.7. The van der Waals surface area contributed by atoms with Crippen LogP contribution in [0.2, 0.25) is 5.15 Å². The standard InChI is InChI=1S/C11H7ClFN3S/c12-10-9-11(15-5-14-10)16(6-17-9)8-4-2-1-3-7(8)13/h1-5H,6H2. The normalized spacial score (nSPS) is 13.9. The van der Waals surface area contributed by atoms with Crippen LogP contribution in [0.5, 0.6) is 0 Å². The lowest BCUT2D eigenvalue weighted by atomic mass is 10.3. The number of nitrogens with zero attached hydrogens (tertiary/aromatic N) is 3. The third kappa shape index (κ3) is 1.75. The number of halogens is 2. The minimum atomic E-state index is -0.268. The van der Waals surface area contributed by atoms with E-state index in [1.54, 1.807) is 23.1 Å². The minimum absolute atomic E-state index is 0.268. The maximum Gasteiger partial charge on any atom is 0.152 e. The van der Waals surface area contributed by atoms with Crippen LogP contribution in [0.1, 0.15) is 0 Å². The zero-order valence-corrected chi connectivity index (χ0v) is 10.2. The number of benzene rings is 1. The Bertz CT molecular complexity index is 578. The van der Waals surface area contributed by atoms with Crippen LogP contribution in [0.25, 0.3) is 0 Å². The number of hydrogen-bond acceptors (Lipinski definition) is 4. The summed E-state index contributed by atoms with van der Waals surface area (Å²) in [5, 5.41) is 0.416. The van der Waals surface area contributed by atoms with Gasteiger partial charge in [-0.3, -0.25) is 0 Å². The number of anilines is 2. The third-order valence-corrected chi connectivity index (χ3v) is 3.93. The molecular formula is C11H7ClFN3S. The van der Waals surface area contributed by atoms with Crippen molar-refractivity contribution in [3.63, 3.8) is 0 Å². The molecule has 0 atom stereocenters. The van der Waals surface area contributed by atoms with Crippen molar-refractivity contribution in [3.8, 4) is 0 Å². The Labute approximate surface area is 107 Å². The first-order valence-corrected chi connectivity index (χ1v) is 6.29. The lowest BCUT2D eigenvalue weighted by Crippen LogP contribution is -2.14. The van der Waals surface area contributed by atoms with E-state index >= 15 is 0 Å². The lowest BCUT2D eigenvalue weighted by molar-refractivity contribution is 0.627. The van der Waals surface area contributed by atoms with Gasteiger partial charge in [0.2, 0.25) is 0 Å². The molecule has 0 radical (unpaired) electrons. The lowest BCUT2D eigenvalue weighted by Gasteiger charge is -2.17. The highest BCUT2D eigenvalue weighted by molar-refractivity contribution is 8.00. The van der Waals surface area contributed by atoms with Crippen LogP contribution >= 0.6 is 23.4 Å². The van der Waals surface area contributed by atoms with Gasteiger partial charge in [-0.25, -0.2) is 14.4 Å². The summed E-state index contributed by atoms with van der Waals surface area (Å²) in [6, 6.07) is 6.61. The first-order chi connectivity index (χ1) is 8.27. The molecule has 0 fully saturated rings. The SMILES string of the molecule is Fc1ccccc1N1CSc2c(Cl)ncnc21. The number of thioether (sulfide) groups is 1. The van der Waals surface area contributed by atoms with Crippen molar-refractivity contribution < 1.29 is 4.39 Å². The van der Waals surface area contributed by atoms with Crippen molar-refractivity contribution in [2.45, 2.75) is 4.90 Å². The second kappa shape index (κ2) is 4.16. The quantitative estimate of drug-likeness (QED) is 0.740. The number of hydrogen-bond donors (Lipinski definition) is 0. The molecule has 3 rings (SSSR count). The molecule has 1 aromatic carbocycles. The Morgan fingerprint density at radius 1 is 1.29 bits per heavy atom. The fourth-order valence-electron chi connectivity index (χ4n) is 1.70. The molecule has 0 bridgehead atoms. The highest BCUT2D eigenvalue weighted by Crippen LogP contribution is 2.44. The van der Waals surface area contributed by atoms with Crippen molar-refractivity contribution in [2.75, 3.05) is 10.8 Å². The Balaban J connectivity index is 2.11. The van der Waals surface area contributed by atoms with Gasteiger partial charge in [0.1, 0.15) is 17.3 Å². The van der Waals surface area contributed by atoms with E-state index < -0.39 is 0 Å². The van der Waals surface area contributed by atoms with E-state index in [1.807, 2.05) is 0 Å². The second-order valence-corrected chi connectivity index (χ2v) is 4.78. The van der Waals surface area contributed by atoms with Gasteiger partial charge in [-0.15, -0.1) is 0 Å². The Hall–Kier alpha value is -1.33. The molecule has 0 aliphatic carbocycles. The zero-order chi connectivity index (χ0) is 11.8. The summed E-state index contributed by atoms with van der Waals surface area (Å²) in [6.07, 6.45) is 1.39. The van der Waals surface area contributed by atoms with Crippen LogP contribution < -0.4 is 4.90 Å². The molecule has 0 spiro atoms. The number of fused-ring (bicyclic) bond motifs is 1. The summed E-state index contributed by atoms with van der Waals surface area (Å²) in [4.78, 5) is 10.7. The molecule has 2 heterocycles. The molecule has 2 aromatic rings. The summed E-state index contributed by atoms with van der Waals surface area (Å²) in [5.74, 6) is 0.991.